The third-order valence-corrected chi connectivity index (χ3v) is 8.09. The maximum Gasteiger partial charge on any atom is 0.160 e. The van der Waals surface area contributed by atoms with Crippen molar-refractivity contribution in [2.75, 3.05) is 0 Å². The number of fused-ring (bicyclic) bond motifs is 3. The highest BCUT2D eigenvalue weighted by atomic mass is 32.1. The Kier molecular flexibility index (Phi) is 5.70. The Morgan fingerprint density at radius 3 is 1.97 bits per heavy atom. The summed E-state index contributed by atoms with van der Waals surface area (Å²) in [6, 6.07) is 45.5. The Morgan fingerprint density at radius 2 is 1.23 bits per heavy atom. The lowest BCUT2D eigenvalue weighted by atomic mass is 9.91. The van der Waals surface area contributed by atoms with Gasteiger partial charge in [-0.25, -0.2) is 9.97 Å². The largest absolute Gasteiger partial charge is 0.228 e. The van der Waals surface area contributed by atoms with Crippen molar-refractivity contribution in [2.45, 2.75) is 0 Å². The first-order valence-corrected chi connectivity index (χ1v) is 13.6. The second kappa shape index (κ2) is 9.64. The first kappa shape index (κ1) is 23.0. The van der Waals surface area contributed by atoms with Crippen LogP contribution < -0.4 is 0 Å². The van der Waals surface area contributed by atoms with Crippen LogP contribution in [-0.2, 0) is 0 Å². The van der Waals surface area contributed by atoms with Gasteiger partial charge in [-0.1, -0.05) is 97.1 Å². The fraction of sp³-hybridized carbons (Fsp3) is 0. The molecule has 0 bridgehead atoms. The van der Waals surface area contributed by atoms with Gasteiger partial charge >= 0.3 is 0 Å². The highest BCUT2D eigenvalue weighted by molar-refractivity contribution is 7.26. The van der Waals surface area contributed by atoms with E-state index in [4.69, 9.17) is 9.97 Å². The minimum absolute atomic E-state index is 0.641. The Balaban J connectivity index is 1.56. The molecule has 0 N–H and O–H groups in total. The van der Waals surface area contributed by atoms with Gasteiger partial charge in [0.05, 0.1) is 23.0 Å². The summed E-state index contributed by atoms with van der Waals surface area (Å²) in [5.74, 6) is 0.688. The molecule has 0 atom stereocenters. The standard InChI is InChI=1S/C35H21N3S/c36-22-23-15-17-25(18-16-23)33-27(19-20-32-34(33)28-13-7-8-14-31(28)39-32)30-21-29(24-9-3-1-4-10-24)37-35(38-30)26-11-5-2-6-12-26/h1-21H. The van der Waals surface area contributed by atoms with E-state index in [-0.39, 0.29) is 0 Å². The third-order valence-electron chi connectivity index (χ3n) is 6.95. The number of thiophene rings is 1. The van der Waals surface area contributed by atoms with E-state index in [0.717, 1.165) is 39.2 Å². The maximum atomic E-state index is 9.42. The van der Waals surface area contributed by atoms with Gasteiger partial charge < -0.3 is 0 Å². The molecule has 0 aliphatic heterocycles. The van der Waals surface area contributed by atoms with Crippen molar-refractivity contribution in [1.82, 2.24) is 9.97 Å². The predicted molar refractivity (Wildman–Crippen MR) is 161 cm³/mol. The molecule has 39 heavy (non-hydrogen) atoms. The van der Waals surface area contributed by atoms with Crippen LogP contribution in [0.5, 0.6) is 0 Å². The number of nitrogens with zero attached hydrogens (tertiary/aromatic N) is 3. The minimum atomic E-state index is 0.641. The average Bonchev–Trinajstić information content (AvgIpc) is 3.40. The molecule has 7 aromatic rings. The first-order valence-electron chi connectivity index (χ1n) is 12.7. The lowest BCUT2D eigenvalue weighted by Gasteiger charge is -2.15. The number of aromatic nitrogens is 2. The number of hydrogen-bond donors (Lipinski definition) is 0. The Bertz CT molecular complexity index is 1940. The molecule has 0 aliphatic rings. The quantitative estimate of drug-likeness (QED) is 0.235. The van der Waals surface area contributed by atoms with Crippen molar-refractivity contribution in [3.63, 3.8) is 0 Å². The zero-order chi connectivity index (χ0) is 26.2. The molecule has 5 aromatic carbocycles. The van der Waals surface area contributed by atoms with Gasteiger partial charge in [-0.05, 0) is 35.9 Å². The van der Waals surface area contributed by atoms with Crippen LogP contribution in [0.4, 0.5) is 0 Å². The normalized spacial score (nSPS) is 11.1. The molecule has 2 aromatic heterocycles. The molecule has 0 fully saturated rings. The highest BCUT2D eigenvalue weighted by Crippen LogP contribution is 2.45. The molecular formula is C35H21N3S. The SMILES string of the molecule is N#Cc1ccc(-c2c(-c3cc(-c4ccccc4)nc(-c4ccccc4)n3)ccc3sc4ccccc4c23)cc1. The van der Waals surface area contributed by atoms with Gasteiger partial charge in [-0.15, -0.1) is 11.3 Å². The van der Waals surface area contributed by atoms with Gasteiger partial charge in [0.1, 0.15) is 0 Å². The van der Waals surface area contributed by atoms with Crippen LogP contribution in [0.3, 0.4) is 0 Å². The van der Waals surface area contributed by atoms with E-state index in [9.17, 15) is 5.26 Å². The number of benzene rings is 5. The molecule has 7 rings (SSSR count). The molecule has 0 amide bonds. The van der Waals surface area contributed by atoms with E-state index in [2.05, 4.69) is 60.7 Å². The van der Waals surface area contributed by atoms with E-state index >= 15 is 0 Å². The first-order chi connectivity index (χ1) is 19.3. The van der Waals surface area contributed by atoms with Crippen LogP contribution in [0.2, 0.25) is 0 Å². The molecule has 0 aliphatic carbocycles. The molecule has 2 heterocycles. The lowest BCUT2D eigenvalue weighted by molar-refractivity contribution is 1.18. The van der Waals surface area contributed by atoms with Crippen LogP contribution in [0.25, 0.3) is 65.2 Å². The summed E-state index contributed by atoms with van der Waals surface area (Å²) in [5.41, 5.74) is 7.60. The zero-order valence-electron chi connectivity index (χ0n) is 20.9. The van der Waals surface area contributed by atoms with Crippen LogP contribution in [0, 0.1) is 11.3 Å². The number of rotatable bonds is 4. The summed E-state index contributed by atoms with van der Waals surface area (Å²) >= 11 is 1.80. The van der Waals surface area contributed by atoms with Crippen LogP contribution in [0.15, 0.2) is 127 Å². The van der Waals surface area contributed by atoms with E-state index in [0.29, 0.717) is 11.4 Å². The monoisotopic (exact) mass is 515 g/mol. The predicted octanol–water partition coefficient (Wildman–Crippen LogP) is 9.38. The smallest absolute Gasteiger partial charge is 0.160 e. The van der Waals surface area contributed by atoms with Gasteiger partial charge in [0.2, 0.25) is 0 Å². The lowest BCUT2D eigenvalue weighted by Crippen LogP contribution is -1.97. The number of hydrogen-bond acceptors (Lipinski definition) is 4. The van der Waals surface area contributed by atoms with Crippen LogP contribution in [0.1, 0.15) is 5.56 Å². The van der Waals surface area contributed by atoms with Crippen molar-refractivity contribution in [3.05, 3.63) is 133 Å². The van der Waals surface area contributed by atoms with Crippen molar-refractivity contribution in [3.8, 4) is 51.1 Å². The fourth-order valence-electron chi connectivity index (χ4n) is 5.10. The summed E-state index contributed by atoms with van der Waals surface area (Å²) in [5, 5.41) is 11.9. The Labute approximate surface area is 230 Å². The van der Waals surface area contributed by atoms with Gasteiger partial charge in [-0.2, -0.15) is 5.26 Å². The van der Waals surface area contributed by atoms with E-state index in [1.54, 1.807) is 11.3 Å². The molecule has 0 radical (unpaired) electrons. The molecule has 0 spiro atoms. The maximum absolute atomic E-state index is 9.42. The van der Waals surface area contributed by atoms with Crippen LogP contribution in [-0.4, -0.2) is 9.97 Å². The molecule has 182 valence electrons. The zero-order valence-corrected chi connectivity index (χ0v) is 21.7. The second-order valence-electron chi connectivity index (χ2n) is 9.34. The molecule has 0 saturated carbocycles. The number of nitriles is 1. The van der Waals surface area contributed by atoms with E-state index in [1.807, 2.05) is 72.8 Å². The van der Waals surface area contributed by atoms with E-state index < -0.39 is 0 Å². The fourth-order valence-corrected chi connectivity index (χ4v) is 6.21. The molecule has 3 nitrogen and oxygen atoms in total. The average molecular weight is 516 g/mol. The topological polar surface area (TPSA) is 49.6 Å². The van der Waals surface area contributed by atoms with Crippen molar-refractivity contribution in [1.29, 1.82) is 5.26 Å². The molecule has 4 heteroatoms. The molecule has 0 unspecified atom stereocenters. The summed E-state index contributed by atoms with van der Waals surface area (Å²) in [6.45, 7) is 0. The highest BCUT2D eigenvalue weighted by Gasteiger charge is 2.19. The van der Waals surface area contributed by atoms with Gasteiger partial charge in [0.25, 0.3) is 0 Å². The van der Waals surface area contributed by atoms with Gasteiger partial charge in [0, 0.05) is 42.4 Å². The Morgan fingerprint density at radius 1 is 0.564 bits per heavy atom. The van der Waals surface area contributed by atoms with Crippen LogP contribution >= 0.6 is 11.3 Å². The molecule has 0 saturated heterocycles. The van der Waals surface area contributed by atoms with Gasteiger partial charge in [-0.3, -0.25) is 0 Å². The Hall–Kier alpha value is -5.11. The summed E-state index contributed by atoms with van der Waals surface area (Å²) in [6.07, 6.45) is 0. The van der Waals surface area contributed by atoms with E-state index in [1.165, 1.54) is 20.2 Å². The van der Waals surface area contributed by atoms with Crippen molar-refractivity contribution in [2.24, 2.45) is 0 Å². The van der Waals surface area contributed by atoms with Crippen molar-refractivity contribution >= 4 is 31.5 Å². The third kappa shape index (κ3) is 4.16. The molecular weight excluding hydrogens is 494 g/mol. The van der Waals surface area contributed by atoms with Crippen molar-refractivity contribution < 1.29 is 0 Å². The summed E-state index contributed by atoms with van der Waals surface area (Å²) in [4.78, 5) is 10.1. The minimum Gasteiger partial charge on any atom is -0.228 e. The second-order valence-corrected chi connectivity index (χ2v) is 10.4. The summed E-state index contributed by atoms with van der Waals surface area (Å²) in [7, 11) is 0. The summed E-state index contributed by atoms with van der Waals surface area (Å²) < 4.78 is 2.47. The van der Waals surface area contributed by atoms with Gasteiger partial charge in [0.15, 0.2) is 5.82 Å².